The number of aromatic nitrogens is 1. The van der Waals surface area contributed by atoms with E-state index in [2.05, 4.69) is 5.32 Å². The number of nitrogens with zero attached hydrogens (tertiary/aromatic N) is 1. The lowest BCUT2D eigenvalue weighted by molar-refractivity contribution is 0.0696. The highest BCUT2D eigenvalue weighted by molar-refractivity contribution is 6.04. The van der Waals surface area contributed by atoms with Crippen molar-refractivity contribution in [3.05, 3.63) is 100.0 Å². The molecule has 0 atom stereocenters. The zero-order valence-electron chi connectivity index (χ0n) is 13.8. The molecule has 0 aliphatic rings. The van der Waals surface area contributed by atoms with Gasteiger partial charge in [0.2, 0.25) is 0 Å². The van der Waals surface area contributed by atoms with Gasteiger partial charge in [-0.05, 0) is 35.9 Å². The molecule has 0 saturated carbocycles. The first kappa shape index (κ1) is 17.2. The Labute approximate surface area is 149 Å². The van der Waals surface area contributed by atoms with Crippen molar-refractivity contribution in [2.24, 2.45) is 0 Å². The number of carbonyl (C=O) groups is 2. The van der Waals surface area contributed by atoms with Crippen molar-refractivity contribution >= 4 is 17.6 Å². The number of carboxylic acids is 1. The number of hydrogen-bond donors (Lipinski definition) is 2. The number of hydrogen-bond acceptors (Lipinski definition) is 3. The van der Waals surface area contributed by atoms with Crippen LogP contribution in [0.2, 0.25) is 0 Å². The zero-order chi connectivity index (χ0) is 18.5. The van der Waals surface area contributed by atoms with Crippen LogP contribution in [0.15, 0.2) is 77.7 Å². The first-order chi connectivity index (χ1) is 12.5. The van der Waals surface area contributed by atoms with Gasteiger partial charge >= 0.3 is 5.97 Å². The third-order valence-electron chi connectivity index (χ3n) is 3.83. The fourth-order valence-corrected chi connectivity index (χ4v) is 2.48. The Morgan fingerprint density at radius 2 is 1.54 bits per heavy atom. The minimum absolute atomic E-state index is 0.109. The Kier molecular flexibility index (Phi) is 4.94. The Morgan fingerprint density at radius 1 is 0.885 bits per heavy atom. The molecule has 1 heterocycles. The van der Waals surface area contributed by atoms with Crippen LogP contribution in [0.25, 0.3) is 0 Å². The lowest BCUT2D eigenvalue weighted by Gasteiger charge is -2.10. The van der Waals surface area contributed by atoms with Crippen LogP contribution < -0.4 is 10.9 Å². The van der Waals surface area contributed by atoms with Crippen molar-refractivity contribution in [2.75, 3.05) is 5.32 Å². The molecule has 3 rings (SSSR count). The minimum atomic E-state index is -1.05. The van der Waals surface area contributed by atoms with Gasteiger partial charge in [-0.3, -0.25) is 9.59 Å². The molecule has 3 aromatic rings. The Bertz CT molecular complexity index is 992. The number of aromatic carboxylic acids is 1. The molecule has 0 aliphatic heterocycles. The first-order valence-corrected chi connectivity index (χ1v) is 7.92. The molecule has 6 heteroatoms. The van der Waals surface area contributed by atoms with E-state index in [-0.39, 0.29) is 17.0 Å². The van der Waals surface area contributed by atoms with Crippen LogP contribution in [0.1, 0.15) is 26.3 Å². The van der Waals surface area contributed by atoms with Crippen LogP contribution in [-0.4, -0.2) is 21.6 Å². The molecule has 0 saturated heterocycles. The number of carbonyl (C=O) groups excluding carboxylic acids is 1. The van der Waals surface area contributed by atoms with Gasteiger partial charge in [0.25, 0.3) is 11.5 Å². The number of carboxylic acid groups (broad SMARTS) is 1. The summed E-state index contributed by atoms with van der Waals surface area (Å²) in [6.45, 7) is 0.399. The van der Waals surface area contributed by atoms with Crippen LogP contribution in [0.5, 0.6) is 0 Å². The molecular weight excluding hydrogens is 332 g/mol. The van der Waals surface area contributed by atoms with Crippen molar-refractivity contribution in [3.63, 3.8) is 0 Å². The Balaban J connectivity index is 1.77. The molecule has 26 heavy (non-hydrogen) atoms. The van der Waals surface area contributed by atoms with Crippen LogP contribution in [0.4, 0.5) is 5.69 Å². The molecule has 0 radical (unpaired) electrons. The maximum absolute atomic E-state index is 12.3. The van der Waals surface area contributed by atoms with E-state index in [9.17, 15) is 14.4 Å². The molecule has 0 fully saturated rings. The molecule has 2 aromatic carbocycles. The maximum Gasteiger partial charge on any atom is 0.335 e. The standard InChI is InChI=1S/C20H16N2O4/c23-18-11-10-17(13-22(18)12-14-4-2-1-3-5-14)21-19(24)15-6-8-16(9-7-15)20(25)26/h1-11,13H,12H2,(H,21,24)(H,25,26). The van der Waals surface area contributed by atoms with Crippen LogP contribution in [-0.2, 0) is 6.54 Å². The second-order valence-electron chi connectivity index (χ2n) is 5.71. The van der Waals surface area contributed by atoms with Crippen molar-refractivity contribution in [1.29, 1.82) is 0 Å². The van der Waals surface area contributed by atoms with E-state index in [1.54, 1.807) is 6.20 Å². The normalized spacial score (nSPS) is 10.3. The number of rotatable bonds is 5. The highest BCUT2D eigenvalue weighted by Gasteiger charge is 2.09. The third kappa shape index (κ3) is 4.05. The Hall–Kier alpha value is -3.67. The summed E-state index contributed by atoms with van der Waals surface area (Å²) in [6, 6.07) is 18.1. The molecule has 1 aromatic heterocycles. The number of pyridine rings is 1. The van der Waals surface area contributed by atoms with Gasteiger partial charge in [0.1, 0.15) is 0 Å². The molecule has 6 nitrogen and oxygen atoms in total. The smallest absolute Gasteiger partial charge is 0.335 e. The second-order valence-corrected chi connectivity index (χ2v) is 5.71. The Morgan fingerprint density at radius 3 is 2.19 bits per heavy atom. The molecule has 0 bridgehead atoms. The van der Waals surface area contributed by atoms with Gasteiger partial charge < -0.3 is 15.0 Å². The van der Waals surface area contributed by atoms with Gasteiger partial charge in [0, 0.05) is 17.8 Å². The SMILES string of the molecule is O=C(O)c1ccc(C(=O)Nc2ccc(=O)n(Cc3ccccc3)c2)cc1. The molecular formula is C20H16N2O4. The third-order valence-corrected chi connectivity index (χ3v) is 3.83. The second kappa shape index (κ2) is 7.48. The van der Waals surface area contributed by atoms with E-state index in [1.807, 2.05) is 30.3 Å². The molecule has 0 unspecified atom stereocenters. The summed E-state index contributed by atoms with van der Waals surface area (Å²) in [5.41, 5.74) is 1.72. The lowest BCUT2D eigenvalue weighted by Crippen LogP contribution is -2.21. The average Bonchev–Trinajstić information content (AvgIpc) is 2.65. The highest BCUT2D eigenvalue weighted by Crippen LogP contribution is 2.10. The summed E-state index contributed by atoms with van der Waals surface area (Å²) in [7, 11) is 0. The van der Waals surface area contributed by atoms with Crippen LogP contribution in [0, 0.1) is 0 Å². The van der Waals surface area contributed by atoms with Gasteiger partial charge in [0.05, 0.1) is 17.8 Å². The van der Waals surface area contributed by atoms with Gasteiger partial charge in [-0.1, -0.05) is 30.3 Å². The van der Waals surface area contributed by atoms with Crippen LogP contribution in [0.3, 0.4) is 0 Å². The summed E-state index contributed by atoms with van der Waals surface area (Å²) in [4.78, 5) is 35.2. The van der Waals surface area contributed by atoms with Gasteiger partial charge in [0.15, 0.2) is 0 Å². The van der Waals surface area contributed by atoms with Crippen molar-refractivity contribution in [1.82, 2.24) is 4.57 Å². The summed E-state index contributed by atoms with van der Waals surface area (Å²) in [5.74, 6) is -1.43. The zero-order valence-corrected chi connectivity index (χ0v) is 13.8. The van der Waals surface area contributed by atoms with E-state index in [0.717, 1.165) is 5.56 Å². The van der Waals surface area contributed by atoms with Gasteiger partial charge in [-0.25, -0.2) is 4.79 Å². The fourth-order valence-electron chi connectivity index (χ4n) is 2.48. The molecule has 0 aliphatic carbocycles. The summed E-state index contributed by atoms with van der Waals surface area (Å²) >= 11 is 0. The van der Waals surface area contributed by atoms with E-state index in [4.69, 9.17) is 5.11 Å². The summed E-state index contributed by atoms with van der Waals surface area (Å²) in [5, 5.41) is 11.6. The van der Waals surface area contributed by atoms with Gasteiger partial charge in [-0.2, -0.15) is 0 Å². The number of amides is 1. The monoisotopic (exact) mass is 348 g/mol. The first-order valence-electron chi connectivity index (χ1n) is 7.92. The number of anilines is 1. The molecule has 0 spiro atoms. The van der Waals surface area contributed by atoms with Crippen LogP contribution >= 0.6 is 0 Å². The van der Waals surface area contributed by atoms with E-state index >= 15 is 0 Å². The fraction of sp³-hybridized carbons (Fsp3) is 0.0500. The predicted octanol–water partition coefficient (Wildman–Crippen LogP) is 2.85. The molecule has 2 N–H and O–H groups in total. The van der Waals surface area contributed by atoms with Gasteiger partial charge in [-0.15, -0.1) is 0 Å². The van der Waals surface area contributed by atoms with Crippen molar-refractivity contribution in [2.45, 2.75) is 6.54 Å². The topological polar surface area (TPSA) is 88.4 Å². The van der Waals surface area contributed by atoms with Crippen molar-refractivity contribution in [3.8, 4) is 0 Å². The molecule has 130 valence electrons. The minimum Gasteiger partial charge on any atom is -0.478 e. The molecule has 1 amide bonds. The average molecular weight is 348 g/mol. The summed E-state index contributed by atoms with van der Waals surface area (Å²) in [6.07, 6.45) is 1.58. The quantitative estimate of drug-likeness (QED) is 0.742. The largest absolute Gasteiger partial charge is 0.478 e. The number of benzene rings is 2. The highest BCUT2D eigenvalue weighted by atomic mass is 16.4. The number of nitrogens with one attached hydrogen (secondary N) is 1. The lowest BCUT2D eigenvalue weighted by atomic mass is 10.1. The van der Waals surface area contributed by atoms with E-state index in [1.165, 1.54) is 41.0 Å². The summed E-state index contributed by atoms with van der Waals surface area (Å²) < 4.78 is 1.51. The van der Waals surface area contributed by atoms with Crippen molar-refractivity contribution < 1.29 is 14.7 Å². The predicted molar refractivity (Wildman–Crippen MR) is 97.6 cm³/mol. The maximum atomic E-state index is 12.3. The van der Waals surface area contributed by atoms with E-state index < -0.39 is 5.97 Å². The van der Waals surface area contributed by atoms with E-state index in [0.29, 0.717) is 17.8 Å².